The van der Waals surface area contributed by atoms with Gasteiger partial charge in [-0.15, -0.1) is 0 Å². The number of hydrogen-bond donors (Lipinski definition) is 2. The molecule has 0 aliphatic heterocycles. The van der Waals surface area contributed by atoms with Gasteiger partial charge >= 0.3 is 0 Å². The largest absolute Gasteiger partial charge is 0.497 e. The molecule has 30 heavy (non-hydrogen) atoms. The minimum Gasteiger partial charge on any atom is -0.497 e. The molecule has 1 atom stereocenters. The summed E-state index contributed by atoms with van der Waals surface area (Å²) in [5.74, 6) is 0.370. The Morgan fingerprint density at radius 2 is 1.67 bits per heavy atom. The average molecular weight is 445 g/mol. The van der Waals surface area contributed by atoms with Crippen LogP contribution in [0, 0.1) is 0 Å². The van der Waals surface area contributed by atoms with Crippen LogP contribution in [-0.2, 0) is 10.0 Å². The molecule has 0 radical (unpaired) electrons. The molecule has 0 heterocycles. The lowest BCUT2D eigenvalue weighted by molar-refractivity contribution is 0.0940. The van der Waals surface area contributed by atoms with Gasteiger partial charge in [0.2, 0.25) is 0 Å². The Bertz CT molecular complexity index is 1130. The lowest BCUT2D eigenvalue weighted by atomic mass is 10.1. The van der Waals surface area contributed by atoms with Crippen LogP contribution in [0.25, 0.3) is 0 Å². The lowest BCUT2D eigenvalue weighted by Crippen LogP contribution is -2.27. The van der Waals surface area contributed by atoms with Crippen LogP contribution in [0.2, 0.25) is 5.02 Å². The molecule has 8 heteroatoms. The van der Waals surface area contributed by atoms with Gasteiger partial charge < -0.3 is 10.1 Å². The Labute approximate surface area is 180 Å². The first-order chi connectivity index (χ1) is 14.3. The second-order valence-electron chi connectivity index (χ2n) is 6.58. The minimum atomic E-state index is -3.74. The second-order valence-corrected chi connectivity index (χ2v) is 8.67. The maximum Gasteiger partial charge on any atom is 0.261 e. The summed E-state index contributed by atoms with van der Waals surface area (Å²) >= 11 is 6.26. The molecule has 0 fully saturated rings. The van der Waals surface area contributed by atoms with Crippen LogP contribution >= 0.6 is 11.6 Å². The summed E-state index contributed by atoms with van der Waals surface area (Å²) in [6.07, 6.45) is 0. The quantitative estimate of drug-likeness (QED) is 0.556. The van der Waals surface area contributed by atoms with Gasteiger partial charge in [0, 0.05) is 0 Å². The molecule has 0 spiro atoms. The van der Waals surface area contributed by atoms with E-state index in [0.29, 0.717) is 0 Å². The molecule has 0 aliphatic rings. The van der Waals surface area contributed by atoms with Gasteiger partial charge in [-0.3, -0.25) is 9.52 Å². The zero-order valence-corrected chi connectivity index (χ0v) is 18.0. The van der Waals surface area contributed by atoms with Crippen LogP contribution < -0.4 is 14.8 Å². The van der Waals surface area contributed by atoms with Crippen molar-refractivity contribution in [3.05, 3.63) is 88.9 Å². The monoisotopic (exact) mass is 444 g/mol. The van der Waals surface area contributed by atoms with E-state index < -0.39 is 10.0 Å². The van der Waals surface area contributed by atoms with Gasteiger partial charge in [-0.2, -0.15) is 0 Å². The van der Waals surface area contributed by atoms with Crippen molar-refractivity contribution in [2.24, 2.45) is 0 Å². The molecule has 0 aromatic heterocycles. The van der Waals surface area contributed by atoms with E-state index in [4.69, 9.17) is 16.3 Å². The maximum absolute atomic E-state index is 12.6. The van der Waals surface area contributed by atoms with Crippen molar-refractivity contribution in [3.8, 4) is 5.75 Å². The van der Waals surface area contributed by atoms with Gasteiger partial charge in [-0.1, -0.05) is 41.9 Å². The highest BCUT2D eigenvalue weighted by Crippen LogP contribution is 2.24. The molecule has 2 N–H and O–H groups in total. The van der Waals surface area contributed by atoms with Gasteiger partial charge in [-0.25, -0.2) is 8.42 Å². The van der Waals surface area contributed by atoms with E-state index in [1.165, 1.54) is 30.3 Å². The van der Waals surface area contributed by atoms with Crippen molar-refractivity contribution < 1.29 is 17.9 Å². The SMILES string of the molecule is COc1ccc(C(C)NC(=O)c2ccc(NS(=O)(=O)c3ccccc3)cc2Cl)cc1. The fraction of sp³-hybridized carbons (Fsp3) is 0.136. The van der Waals surface area contributed by atoms with Crippen molar-refractivity contribution in [3.63, 3.8) is 0 Å². The first kappa shape index (κ1) is 21.7. The Morgan fingerprint density at radius 1 is 1.00 bits per heavy atom. The highest BCUT2D eigenvalue weighted by atomic mass is 35.5. The van der Waals surface area contributed by atoms with Crippen LogP contribution in [0.3, 0.4) is 0 Å². The minimum absolute atomic E-state index is 0.135. The molecule has 1 amide bonds. The molecule has 0 saturated heterocycles. The molecule has 6 nitrogen and oxygen atoms in total. The number of carbonyl (C=O) groups excluding carboxylic acids is 1. The van der Waals surface area contributed by atoms with Gasteiger partial charge in [0.25, 0.3) is 15.9 Å². The summed E-state index contributed by atoms with van der Waals surface area (Å²) in [7, 11) is -2.15. The number of carbonyl (C=O) groups is 1. The molecule has 3 aromatic rings. The van der Waals surface area contributed by atoms with Gasteiger partial charge in [0.05, 0.1) is 34.3 Å². The first-order valence-electron chi connectivity index (χ1n) is 9.12. The maximum atomic E-state index is 12.6. The average Bonchev–Trinajstić information content (AvgIpc) is 2.74. The molecular weight excluding hydrogens is 424 g/mol. The summed E-state index contributed by atoms with van der Waals surface area (Å²) in [4.78, 5) is 12.8. The molecule has 156 valence electrons. The molecule has 3 aromatic carbocycles. The smallest absolute Gasteiger partial charge is 0.261 e. The van der Waals surface area contributed by atoms with Crippen molar-refractivity contribution >= 4 is 33.2 Å². The number of halogens is 1. The molecule has 3 rings (SSSR count). The molecular formula is C22H21ClN2O4S. The van der Waals surface area contributed by atoms with Gasteiger partial charge in [-0.05, 0) is 55.0 Å². The van der Waals surface area contributed by atoms with E-state index in [2.05, 4.69) is 10.0 Å². The number of amides is 1. The van der Waals surface area contributed by atoms with Crippen LogP contribution in [0.15, 0.2) is 77.7 Å². The summed E-state index contributed by atoms with van der Waals surface area (Å²) < 4.78 is 32.5. The number of anilines is 1. The standard InChI is InChI=1S/C22H21ClN2O4S/c1-15(16-8-11-18(29-2)12-9-16)24-22(26)20-13-10-17(14-21(20)23)25-30(27,28)19-6-4-3-5-7-19/h3-15,25H,1-2H3,(H,24,26). The Balaban J connectivity index is 1.72. The fourth-order valence-electron chi connectivity index (χ4n) is 2.83. The highest BCUT2D eigenvalue weighted by Gasteiger charge is 2.17. The van der Waals surface area contributed by atoms with Crippen molar-refractivity contribution in [2.75, 3.05) is 11.8 Å². The highest BCUT2D eigenvalue weighted by molar-refractivity contribution is 7.92. The normalized spacial score (nSPS) is 12.1. The predicted octanol–water partition coefficient (Wildman–Crippen LogP) is 4.64. The van der Waals surface area contributed by atoms with Gasteiger partial charge in [0.15, 0.2) is 0 Å². The van der Waals surface area contributed by atoms with E-state index in [0.717, 1.165) is 11.3 Å². The number of ether oxygens (including phenoxy) is 1. The summed E-state index contributed by atoms with van der Waals surface area (Å²) in [6, 6.07) is 19.5. The molecule has 0 saturated carbocycles. The third-order valence-corrected chi connectivity index (χ3v) is 6.19. The third kappa shape index (κ3) is 5.11. The van der Waals surface area contributed by atoms with E-state index >= 15 is 0 Å². The topological polar surface area (TPSA) is 84.5 Å². The second kappa shape index (κ2) is 9.19. The van der Waals surface area contributed by atoms with E-state index in [-0.39, 0.29) is 33.1 Å². The number of benzene rings is 3. The summed E-state index contributed by atoms with van der Waals surface area (Å²) in [5.41, 5.74) is 1.43. The Kier molecular flexibility index (Phi) is 6.64. The number of hydrogen-bond acceptors (Lipinski definition) is 4. The van der Waals surface area contributed by atoms with Crippen LogP contribution in [0.1, 0.15) is 28.9 Å². The van der Waals surface area contributed by atoms with Gasteiger partial charge in [0.1, 0.15) is 5.75 Å². The van der Waals surface area contributed by atoms with E-state index in [1.807, 2.05) is 31.2 Å². The third-order valence-electron chi connectivity index (χ3n) is 4.48. The lowest BCUT2D eigenvalue weighted by Gasteiger charge is -2.16. The Hall–Kier alpha value is -3.03. The van der Waals surface area contributed by atoms with E-state index in [1.54, 1.807) is 25.3 Å². The number of nitrogens with one attached hydrogen (secondary N) is 2. The van der Waals surface area contributed by atoms with Crippen LogP contribution in [0.4, 0.5) is 5.69 Å². The van der Waals surface area contributed by atoms with Crippen molar-refractivity contribution in [1.82, 2.24) is 5.32 Å². The van der Waals surface area contributed by atoms with Crippen molar-refractivity contribution in [1.29, 1.82) is 0 Å². The zero-order valence-electron chi connectivity index (χ0n) is 16.4. The van der Waals surface area contributed by atoms with Crippen molar-refractivity contribution in [2.45, 2.75) is 17.9 Å². The Morgan fingerprint density at radius 3 is 2.27 bits per heavy atom. The van der Waals surface area contributed by atoms with E-state index in [9.17, 15) is 13.2 Å². The predicted molar refractivity (Wildman–Crippen MR) is 118 cm³/mol. The molecule has 1 unspecified atom stereocenters. The molecule has 0 bridgehead atoms. The zero-order chi connectivity index (χ0) is 21.7. The number of sulfonamides is 1. The summed E-state index contributed by atoms with van der Waals surface area (Å²) in [6.45, 7) is 1.86. The fourth-order valence-corrected chi connectivity index (χ4v) is 4.16. The number of rotatable bonds is 7. The molecule has 0 aliphatic carbocycles. The number of methoxy groups -OCH3 is 1. The summed E-state index contributed by atoms with van der Waals surface area (Å²) in [5, 5.41) is 3.02. The van der Waals surface area contributed by atoms with Crippen LogP contribution in [0.5, 0.6) is 5.75 Å². The van der Waals surface area contributed by atoms with Crippen LogP contribution in [-0.4, -0.2) is 21.4 Å². The first-order valence-corrected chi connectivity index (χ1v) is 11.0.